The molecular weight excluding hydrogens is 392 g/mol. The molecule has 1 aliphatic rings. The Bertz CT molecular complexity index is 835. The number of nitrogens with one attached hydrogen (secondary N) is 1. The number of rotatable bonds is 6. The fraction of sp³-hybridized carbons (Fsp3) is 0.429. The Hall–Kier alpha value is -2.42. The number of hydrogen-bond acceptors (Lipinski definition) is 6. The number of ether oxygens (including phenoxy) is 2. The quantitative estimate of drug-likeness (QED) is 0.751. The lowest BCUT2D eigenvalue weighted by Crippen LogP contribution is -2.63. The molecule has 0 bridgehead atoms. The van der Waals surface area contributed by atoms with E-state index in [2.05, 4.69) is 5.32 Å². The van der Waals surface area contributed by atoms with Crippen molar-refractivity contribution < 1.29 is 24.2 Å². The molecule has 156 valence electrons. The van der Waals surface area contributed by atoms with Crippen molar-refractivity contribution in [3.05, 3.63) is 52.2 Å². The van der Waals surface area contributed by atoms with Gasteiger partial charge in [0.05, 0.1) is 24.8 Å². The van der Waals surface area contributed by atoms with Crippen LogP contribution >= 0.6 is 11.3 Å². The van der Waals surface area contributed by atoms with E-state index in [0.717, 1.165) is 4.88 Å². The minimum Gasteiger partial charge on any atom is -0.497 e. The lowest BCUT2D eigenvalue weighted by molar-refractivity contribution is -0.131. The van der Waals surface area contributed by atoms with Gasteiger partial charge < -0.3 is 24.8 Å². The van der Waals surface area contributed by atoms with Gasteiger partial charge in [0.1, 0.15) is 12.4 Å². The van der Waals surface area contributed by atoms with E-state index in [4.69, 9.17) is 9.47 Å². The van der Waals surface area contributed by atoms with Gasteiger partial charge in [0, 0.05) is 24.1 Å². The molecule has 3 unspecified atom stereocenters. The normalized spacial score (nSPS) is 24.2. The molecule has 1 saturated heterocycles. The van der Waals surface area contributed by atoms with Crippen molar-refractivity contribution in [3.8, 4) is 5.75 Å². The number of hydrogen-bond donors (Lipinski definition) is 2. The van der Waals surface area contributed by atoms with Crippen molar-refractivity contribution in [2.45, 2.75) is 31.0 Å². The van der Waals surface area contributed by atoms with Crippen molar-refractivity contribution in [3.63, 3.8) is 0 Å². The molecule has 2 heterocycles. The van der Waals surface area contributed by atoms with E-state index in [9.17, 15) is 14.7 Å². The summed E-state index contributed by atoms with van der Waals surface area (Å²) in [4.78, 5) is 28.2. The number of likely N-dealkylation sites (tertiary alicyclic amines) is 1. The first-order valence-electron chi connectivity index (χ1n) is 9.36. The molecule has 0 radical (unpaired) electrons. The number of aliphatic hydroxyl groups is 1. The first-order valence-corrected chi connectivity index (χ1v) is 10.2. The molecule has 2 amide bonds. The maximum absolute atomic E-state index is 13.3. The molecule has 29 heavy (non-hydrogen) atoms. The smallest absolute Gasteiger partial charge is 0.254 e. The maximum Gasteiger partial charge on any atom is 0.254 e. The summed E-state index contributed by atoms with van der Waals surface area (Å²) >= 11 is 1.49. The second-order valence-corrected chi connectivity index (χ2v) is 8.25. The second-order valence-electron chi connectivity index (χ2n) is 7.27. The molecule has 1 aliphatic heterocycles. The number of methoxy groups -OCH3 is 2. The molecule has 1 aromatic heterocycles. The van der Waals surface area contributed by atoms with E-state index >= 15 is 0 Å². The van der Waals surface area contributed by atoms with E-state index in [1.54, 1.807) is 43.2 Å². The predicted octanol–water partition coefficient (Wildman–Crippen LogP) is 2.23. The summed E-state index contributed by atoms with van der Waals surface area (Å²) in [6.07, 6.45) is 0.342. The highest BCUT2D eigenvalue weighted by Crippen LogP contribution is 2.39. The van der Waals surface area contributed by atoms with Gasteiger partial charge in [0.2, 0.25) is 5.91 Å². The summed E-state index contributed by atoms with van der Waals surface area (Å²) in [5.74, 6) is 0.174. The minimum atomic E-state index is -1.17. The highest BCUT2D eigenvalue weighted by molar-refractivity contribution is 7.10. The average molecular weight is 419 g/mol. The molecule has 0 saturated carbocycles. The van der Waals surface area contributed by atoms with Gasteiger partial charge in [-0.25, -0.2) is 0 Å². The van der Waals surface area contributed by atoms with Gasteiger partial charge in [-0.05, 0) is 49.1 Å². The Kier molecular flexibility index (Phi) is 6.56. The van der Waals surface area contributed by atoms with Crippen LogP contribution in [0.5, 0.6) is 5.75 Å². The van der Waals surface area contributed by atoms with E-state index in [1.807, 2.05) is 17.5 Å². The Morgan fingerprint density at radius 2 is 2.00 bits per heavy atom. The molecular formula is C21H26N2O5S. The van der Waals surface area contributed by atoms with Crippen LogP contribution in [0.15, 0.2) is 41.8 Å². The number of piperidine rings is 1. The summed E-state index contributed by atoms with van der Waals surface area (Å²) in [6, 6.07) is 9.58. The molecule has 0 spiro atoms. The summed E-state index contributed by atoms with van der Waals surface area (Å²) in [5, 5.41) is 15.9. The standard InChI is InChI=1S/C21H26N2O5S/c1-21(26)10-11-23(20(25)14-6-8-15(28-3)9-7-14)18(16-5-4-12-29-16)19(21)22-17(24)13-27-2/h4-9,12,18-19,26H,10-11,13H2,1-3H3,(H,22,24). The van der Waals surface area contributed by atoms with E-state index in [0.29, 0.717) is 24.3 Å². The Morgan fingerprint density at radius 3 is 2.59 bits per heavy atom. The Balaban J connectivity index is 1.96. The number of thiophene rings is 1. The van der Waals surface area contributed by atoms with Crippen LogP contribution in [-0.2, 0) is 9.53 Å². The topological polar surface area (TPSA) is 88.1 Å². The molecule has 1 fully saturated rings. The van der Waals surface area contributed by atoms with Crippen molar-refractivity contribution in [1.82, 2.24) is 10.2 Å². The molecule has 2 aromatic rings. The van der Waals surface area contributed by atoms with Crippen LogP contribution in [0.1, 0.15) is 34.6 Å². The van der Waals surface area contributed by atoms with Gasteiger partial charge in [0.15, 0.2) is 0 Å². The third kappa shape index (κ3) is 4.60. The fourth-order valence-electron chi connectivity index (χ4n) is 3.65. The summed E-state index contributed by atoms with van der Waals surface area (Å²) in [7, 11) is 3.01. The maximum atomic E-state index is 13.3. The average Bonchev–Trinajstić information content (AvgIpc) is 3.23. The van der Waals surface area contributed by atoms with Crippen molar-refractivity contribution in [1.29, 1.82) is 0 Å². The largest absolute Gasteiger partial charge is 0.497 e. The van der Waals surface area contributed by atoms with Crippen LogP contribution in [0, 0.1) is 0 Å². The van der Waals surface area contributed by atoms with Gasteiger partial charge in [-0.15, -0.1) is 11.3 Å². The summed E-state index contributed by atoms with van der Waals surface area (Å²) in [6.45, 7) is 1.95. The first kappa shape index (κ1) is 21.3. The lowest BCUT2D eigenvalue weighted by Gasteiger charge is -2.48. The van der Waals surface area contributed by atoms with E-state index in [-0.39, 0.29) is 18.4 Å². The lowest BCUT2D eigenvalue weighted by atomic mass is 9.81. The second kappa shape index (κ2) is 8.94. The third-order valence-electron chi connectivity index (χ3n) is 5.20. The number of benzene rings is 1. The molecule has 1 aromatic carbocycles. The summed E-state index contributed by atoms with van der Waals surface area (Å²) < 4.78 is 10.1. The van der Waals surface area contributed by atoms with E-state index < -0.39 is 17.7 Å². The molecule has 0 aliphatic carbocycles. The molecule has 3 atom stereocenters. The van der Waals surface area contributed by atoms with E-state index in [1.165, 1.54) is 18.4 Å². The van der Waals surface area contributed by atoms with Gasteiger partial charge in [-0.1, -0.05) is 6.07 Å². The zero-order chi connectivity index (χ0) is 21.0. The molecule has 2 N–H and O–H groups in total. The van der Waals surface area contributed by atoms with Crippen LogP contribution in [0.2, 0.25) is 0 Å². The number of carbonyl (C=O) groups excluding carboxylic acids is 2. The zero-order valence-corrected chi connectivity index (χ0v) is 17.6. The number of amides is 2. The zero-order valence-electron chi connectivity index (χ0n) is 16.8. The van der Waals surface area contributed by atoms with Crippen molar-refractivity contribution in [2.24, 2.45) is 0 Å². The SMILES string of the molecule is COCC(=O)NC1C(c2cccs2)N(C(=O)c2ccc(OC)cc2)CCC1(C)O. The van der Waals surface area contributed by atoms with Crippen LogP contribution in [0.3, 0.4) is 0 Å². The van der Waals surface area contributed by atoms with Crippen LogP contribution in [-0.4, -0.2) is 60.8 Å². The van der Waals surface area contributed by atoms with Gasteiger partial charge in [-0.2, -0.15) is 0 Å². The van der Waals surface area contributed by atoms with Crippen LogP contribution in [0.25, 0.3) is 0 Å². The highest BCUT2D eigenvalue weighted by Gasteiger charge is 2.48. The fourth-order valence-corrected chi connectivity index (χ4v) is 4.52. The number of nitrogens with zero attached hydrogens (tertiary/aromatic N) is 1. The number of carbonyl (C=O) groups is 2. The third-order valence-corrected chi connectivity index (χ3v) is 6.15. The van der Waals surface area contributed by atoms with Crippen molar-refractivity contribution >= 4 is 23.2 Å². The Labute approximate surface area is 174 Å². The van der Waals surface area contributed by atoms with Crippen LogP contribution < -0.4 is 10.1 Å². The van der Waals surface area contributed by atoms with Gasteiger partial charge in [0.25, 0.3) is 5.91 Å². The highest BCUT2D eigenvalue weighted by atomic mass is 32.1. The molecule has 7 nitrogen and oxygen atoms in total. The first-order chi connectivity index (χ1) is 13.9. The van der Waals surface area contributed by atoms with Gasteiger partial charge in [-0.3, -0.25) is 9.59 Å². The minimum absolute atomic E-state index is 0.115. The monoisotopic (exact) mass is 418 g/mol. The molecule has 3 rings (SSSR count). The van der Waals surface area contributed by atoms with Crippen LogP contribution in [0.4, 0.5) is 0 Å². The van der Waals surface area contributed by atoms with Crippen molar-refractivity contribution in [2.75, 3.05) is 27.4 Å². The molecule has 8 heteroatoms. The van der Waals surface area contributed by atoms with Gasteiger partial charge >= 0.3 is 0 Å². The summed E-state index contributed by atoms with van der Waals surface area (Å²) in [5.41, 5.74) is -0.648. The Morgan fingerprint density at radius 1 is 1.28 bits per heavy atom. The predicted molar refractivity (Wildman–Crippen MR) is 110 cm³/mol.